The maximum absolute atomic E-state index is 11.9. The fourth-order valence-electron chi connectivity index (χ4n) is 2.64. The number of alkyl halides is 1. The Bertz CT molecular complexity index is 428. The number of hydrogen-bond donors (Lipinski definition) is 1. The van der Waals surface area contributed by atoms with Crippen molar-refractivity contribution in [3.05, 3.63) is 0 Å². The van der Waals surface area contributed by atoms with Gasteiger partial charge >= 0.3 is 0 Å². The highest BCUT2D eigenvalue weighted by Crippen LogP contribution is 2.26. The molecule has 112 valence electrons. The van der Waals surface area contributed by atoms with E-state index in [1.807, 2.05) is 6.92 Å². The molecular weight excluding hydrogens is 286 g/mol. The number of nitrogens with one attached hydrogen (secondary N) is 1. The van der Waals surface area contributed by atoms with Crippen LogP contribution in [-0.2, 0) is 14.6 Å². The van der Waals surface area contributed by atoms with Crippen molar-refractivity contribution in [1.82, 2.24) is 5.32 Å². The Morgan fingerprint density at radius 3 is 2.37 bits per heavy atom. The lowest BCUT2D eigenvalue weighted by molar-refractivity contribution is -0.122. The lowest BCUT2D eigenvalue weighted by atomic mass is 9.84. The third-order valence-corrected chi connectivity index (χ3v) is 5.50. The maximum atomic E-state index is 11.9. The van der Waals surface area contributed by atoms with E-state index >= 15 is 0 Å². The molecule has 0 aromatic heterocycles. The Hall–Kier alpha value is -0.290. The molecule has 1 saturated heterocycles. The first kappa shape index (κ1) is 16.8. The Balaban J connectivity index is 2.44. The SMILES string of the molecule is CC(CC(=O)NC1CS(=O)(=O)CC1Cl)CC(C)(C)C. The number of carbonyl (C=O) groups is 1. The normalized spacial score (nSPS) is 28.1. The molecule has 1 rings (SSSR count). The van der Waals surface area contributed by atoms with Crippen molar-refractivity contribution >= 4 is 27.3 Å². The first-order valence-corrected chi connectivity index (χ1v) is 8.88. The highest BCUT2D eigenvalue weighted by atomic mass is 35.5. The molecular formula is C13H24ClNO3S. The van der Waals surface area contributed by atoms with Gasteiger partial charge < -0.3 is 5.32 Å². The number of hydrogen-bond acceptors (Lipinski definition) is 3. The van der Waals surface area contributed by atoms with E-state index in [1.165, 1.54) is 0 Å². The number of carbonyl (C=O) groups excluding carboxylic acids is 1. The lowest BCUT2D eigenvalue weighted by Crippen LogP contribution is -2.41. The molecule has 0 spiro atoms. The molecule has 0 aromatic rings. The van der Waals surface area contributed by atoms with Crippen LogP contribution in [0.25, 0.3) is 0 Å². The predicted molar refractivity (Wildman–Crippen MR) is 78.1 cm³/mol. The molecule has 0 saturated carbocycles. The molecule has 1 N–H and O–H groups in total. The summed E-state index contributed by atoms with van der Waals surface area (Å²) in [6, 6.07) is -0.444. The van der Waals surface area contributed by atoms with Gasteiger partial charge in [-0.3, -0.25) is 4.79 Å². The van der Waals surface area contributed by atoms with Crippen molar-refractivity contribution < 1.29 is 13.2 Å². The summed E-state index contributed by atoms with van der Waals surface area (Å²) < 4.78 is 22.8. The zero-order valence-corrected chi connectivity index (χ0v) is 13.6. The number of amides is 1. The molecule has 0 aromatic carbocycles. The molecule has 0 radical (unpaired) electrons. The monoisotopic (exact) mass is 309 g/mol. The first-order valence-electron chi connectivity index (χ1n) is 6.62. The zero-order valence-electron chi connectivity index (χ0n) is 12.1. The maximum Gasteiger partial charge on any atom is 0.220 e. The summed E-state index contributed by atoms with van der Waals surface area (Å²) in [6.07, 6.45) is 1.37. The summed E-state index contributed by atoms with van der Waals surface area (Å²) in [7, 11) is -3.09. The summed E-state index contributed by atoms with van der Waals surface area (Å²) in [6.45, 7) is 8.45. The third-order valence-electron chi connectivity index (χ3n) is 3.12. The fourth-order valence-corrected chi connectivity index (χ4v) is 5.19. The second-order valence-corrected chi connectivity index (χ2v) is 9.56. The summed E-state index contributed by atoms with van der Waals surface area (Å²) in [5, 5.41) is 2.24. The second kappa shape index (κ2) is 6.00. The van der Waals surface area contributed by atoms with Gasteiger partial charge in [-0.25, -0.2) is 8.42 Å². The standard InChI is InChI=1S/C13H24ClNO3S/c1-9(6-13(2,3)4)5-12(16)15-11-8-19(17,18)7-10(11)14/h9-11H,5-8H2,1-4H3,(H,15,16). The van der Waals surface area contributed by atoms with E-state index in [9.17, 15) is 13.2 Å². The molecule has 1 amide bonds. The minimum Gasteiger partial charge on any atom is -0.351 e. The fraction of sp³-hybridized carbons (Fsp3) is 0.923. The summed E-state index contributed by atoms with van der Waals surface area (Å²) in [5.74, 6) is 0.0775. The molecule has 1 aliphatic rings. The van der Waals surface area contributed by atoms with Gasteiger partial charge in [0.25, 0.3) is 0 Å². The predicted octanol–water partition coefficient (Wildman–Crippen LogP) is 1.97. The van der Waals surface area contributed by atoms with Crippen LogP contribution in [0.4, 0.5) is 0 Å². The van der Waals surface area contributed by atoms with Crippen LogP contribution in [0, 0.1) is 11.3 Å². The van der Waals surface area contributed by atoms with Crippen LogP contribution in [0.5, 0.6) is 0 Å². The van der Waals surface area contributed by atoms with Crippen LogP contribution < -0.4 is 5.32 Å². The van der Waals surface area contributed by atoms with Gasteiger partial charge in [-0.2, -0.15) is 0 Å². The van der Waals surface area contributed by atoms with Gasteiger partial charge in [-0.05, 0) is 17.8 Å². The average molecular weight is 310 g/mol. The first-order chi connectivity index (χ1) is 8.48. The van der Waals surface area contributed by atoms with Crippen LogP contribution in [0.15, 0.2) is 0 Å². The van der Waals surface area contributed by atoms with Crippen LogP contribution in [0.2, 0.25) is 0 Å². The summed E-state index contributed by atoms with van der Waals surface area (Å²) >= 11 is 5.96. The van der Waals surface area contributed by atoms with E-state index in [1.54, 1.807) is 0 Å². The van der Waals surface area contributed by atoms with Crippen molar-refractivity contribution in [2.24, 2.45) is 11.3 Å². The van der Waals surface area contributed by atoms with Crippen molar-refractivity contribution in [3.8, 4) is 0 Å². The molecule has 1 heterocycles. The molecule has 1 fully saturated rings. The van der Waals surface area contributed by atoms with Gasteiger partial charge in [0.2, 0.25) is 5.91 Å². The molecule has 4 nitrogen and oxygen atoms in total. The van der Waals surface area contributed by atoms with E-state index in [0.29, 0.717) is 6.42 Å². The zero-order chi connectivity index (χ0) is 14.8. The van der Waals surface area contributed by atoms with Crippen molar-refractivity contribution in [3.63, 3.8) is 0 Å². The Kier molecular flexibility index (Phi) is 5.29. The molecule has 3 atom stereocenters. The van der Waals surface area contributed by atoms with Crippen LogP contribution >= 0.6 is 11.6 Å². The average Bonchev–Trinajstić information content (AvgIpc) is 2.34. The Morgan fingerprint density at radius 2 is 1.95 bits per heavy atom. The van der Waals surface area contributed by atoms with Crippen molar-refractivity contribution in [2.45, 2.75) is 52.0 Å². The lowest BCUT2D eigenvalue weighted by Gasteiger charge is -2.23. The van der Waals surface area contributed by atoms with Gasteiger partial charge in [-0.15, -0.1) is 11.6 Å². The van der Waals surface area contributed by atoms with E-state index in [4.69, 9.17) is 11.6 Å². The number of rotatable bonds is 4. The van der Waals surface area contributed by atoms with Gasteiger partial charge in [-0.1, -0.05) is 27.7 Å². The minimum atomic E-state index is -3.09. The van der Waals surface area contributed by atoms with Gasteiger partial charge in [0.15, 0.2) is 9.84 Å². The number of sulfone groups is 1. The quantitative estimate of drug-likeness (QED) is 0.808. The molecule has 1 aliphatic heterocycles. The Morgan fingerprint density at radius 1 is 1.37 bits per heavy atom. The largest absolute Gasteiger partial charge is 0.351 e. The third kappa shape index (κ3) is 6.13. The molecule has 0 aliphatic carbocycles. The van der Waals surface area contributed by atoms with Crippen molar-refractivity contribution in [1.29, 1.82) is 0 Å². The van der Waals surface area contributed by atoms with E-state index in [0.717, 1.165) is 6.42 Å². The topological polar surface area (TPSA) is 63.2 Å². The van der Waals surface area contributed by atoms with Crippen molar-refractivity contribution in [2.75, 3.05) is 11.5 Å². The summed E-state index contributed by atoms with van der Waals surface area (Å²) in [5.41, 5.74) is 0.186. The highest BCUT2D eigenvalue weighted by Gasteiger charge is 2.37. The number of halogens is 1. The minimum absolute atomic E-state index is 0.0411. The molecule has 19 heavy (non-hydrogen) atoms. The smallest absolute Gasteiger partial charge is 0.220 e. The Labute approximate surface area is 121 Å². The van der Waals surface area contributed by atoms with E-state index in [2.05, 4.69) is 26.1 Å². The molecule has 0 bridgehead atoms. The molecule has 6 heteroatoms. The van der Waals surface area contributed by atoms with Gasteiger partial charge in [0.05, 0.1) is 22.9 Å². The van der Waals surface area contributed by atoms with Crippen LogP contribution in [-0.4, -0.2) is 37.2 Å². The van der Waals surface area contributed by atoms with E-state index in [-0.39, 0.29) is 28.7 Å². The van der Waals surface area contributed by atoms with Gasteiger partial charge in [0.1, 0.15) is 0 Å². The summed E-state index contributed by atoms with van der Waals surface area (Å²) in [4.78, 5) is 11.9. The second-order valence-electron chi connectivity index (χ2n) is 6.84. The molecule has 3 unspecified atom stereocenters. The highest BCUT2D eigenvalue weighted by molar-refractivity contribution is 7.91. The van der Waals surface area contributed by atoms with Crippen LogP contribution in [0.3, 0.4) is 0 Å². The van der Waals surface area contributed by atoms with Crippen LogP contribution in [0.1, 0.15) is 40.5 Å². The van der Waals surface area contributed by atoms with E-state index < -0.39 is 21.3 Å². The van der Waals surface area contributed by atoms with Gasteiger partial charge in [0, 0.05) is 6.42 Å².